The molecule has 2 rings (SSSR count). The summed E-state index contributed by atoms with van der Waals surface area (Å²) in [5, 5.41) is 8.36. The molecule has 0 bridgehead atoms. The Hall–Kier alpha value is -1.68. The first-order valence-electron chi connectivity index (χ1n) is 6.98. The minimum Gasteiger partial charge on any atom is -0.317 e. The number of aromatic nitrogens is 2. The Labute approximate surface area is 113 Å². The predicted molar refractivity (Wildman–Crippen MR) is 78.4 cm³/mol. The zero-order chi connectivity index (χ0) is 13.5. The number of hydrogen-bond donors (Lipinski definition) is 1. The molecule has 4 heteroatoms. The molecule has 0 atom stereocenters. The van der Waals surface area contributed by atoms with Gasteiger partial charge in [-0.25, -0.2) is 0 Å². The standard InChI is InChI=1S/C15H21N3O/c1-2-9-16-10-5-6-11-18-14-8-4-3-7-13(14)15(19)12-17-18/h3-4,7-8,12,16H,2,5-6,9-11H2,1H3. The van der Waals surface area contributed by atoms with E-state index >= 15 is 0 Å². The molecule has 0 aliphatic carbocycles. The van der Waals surface area contributed by atoms with Gasteiger partial charge in [0.1, 0.15) is 0 Å². The Bertz CT molecular complexity index is 577. The number of unbranched alkanes of at least 4 members (excludes halogenated alkanes) is 1. The monoisotopic (exact) mass is 259 g/mol. The number of fused-ring (bicyclic) bond motifs is 1. The number of benzene rings is 1. The lowest BCUT2D eigenvalue weighted by molar-refractivity contribution is 0.540. The van der Waals surface area contributed by atoms with Gasteiger partial charge in [-0.3, -0.25) is 9.48 Å². The third kappa shape index (κ3) is 3.64. The van der Waals surface area contributed by atoms with Gasteiger partial charge in [0.15, 0.2) is 0 Å². The van der Waals surface area contributed by atoms with E-state index in [0.717, 1.165) is 43.4 Å². The SMILES string of the molecule is CCCNCCCCn1ncc(=O)c2ccccc21. The summed E-state index contributed by atoms with van der Waals surface area (Å²) in [5.41, 5.74) is 0.924. The van der Waals surface area contributed by atoms with E-state index in [1.54, 1.807) is 0 Å². The zero-order valence-corrected chi connectivity index (χ0v) is 11.4. The minimum atomic E-state index is -0.00328. The van der Waals surface area contributed by atoms with Crippen molar-refractivity contribution < 1.29 is 0 Å². The number of nitrogens with zero attached hydrogens (tertiary/aromatic N) is 2. The number of hydrogen-bond acceptors (Lipinski definition) is 3. The molecule has 0 unspecified atom stereocenters. The van der Waals surface area contributed by atoms with Gasteiger partial charge >= 0.3 is 0 Å². The van der Waals surface area contributed by atoms with Crippen LogP contribution < -0.4 is 10.7 Å². The number of nitrogens with one attached hydrogen (secondary N) is 1. The van der Waals surface area contributed by atoms with Crippen LogP contribution in [0, 0.1) is 0 Å². The fraction of sp³-hybridized carbons (Fsp3) is 0.467. The maximum Gasteiger partial charge on any atom is 0.207 e. The molecule has 1 N–H and O–H groups in total. The Kier molecular flexibility index (Phi) is 5.10. The molecule has 19 heavy (non-hydrogen) atoms. The van der Waals surface area contributed by atoms with Crippen LogP contribution in [0.2, 0.25) is 0 Å². The molecule has 1 aromatic carbocycles. The van der Waals surface area contributed by atoms with E-state index in [1.807, 2.05) is 28.9 Å². The van der Waals surface area contributed by atoms with Gasteiger partial charge in [0.2, 0.25) is 5.43 Å². The molecule has 0 saturated carbocycles. The molecule has 1 heterocycles. The van der Waals surface area contributed by atoms with Crippen LogP contribution in [-0.4, -0.2) is 22.9 Å². The lowest BCUT2D eigenvalue weighted by Gasteiger charge is -2.09. The summed E-state index contributed by atoms with van der Waals surface area (Å²) >= 11 is 0. The lowest BCUT2D eigenvalue weighted by atomic mass is 10.2. The molecule has 0 amide bonds. The quantitative estimate of drug-likeness (QED) is 0.775. The summed E-state index contributed by atoms with van der Waals surface area (Å²) in [6.07, 6.45) is 4.78. The Balaban J connectivity index is 1.98. The van der Waals surface area contributed by atoms with Gasteiger partial charge in [-0.1, -0.05) is 19.1 Å². The van der Waals surface area contributed by atoms with Gasteiger partial charge in [0, 0.05) is 11.9 Å². The van der Waals surface area contributed by atoms with Gasteiger partial charge in [0.05, 0.1) is 11.7 Å². The average molecular weight is 259 g/mol. The topological polar surface area (TPSA) is 46.9 Å². The summed E-state index contributed by atoms with van der Waals surface area (Å²) < 4.78 is 1.93. The first-order valence-corrected chi connectivity index (χ1v) is 6.98. The predicted octanol–water partition coefficient (Wildman–Crippen LogP) is 2.18. The van der Waals surface area contributed by atoms with Gasteiger partial charge in [-0.2, -0.15) is 5.10 Å². The summed E-state index contributed by atoms with van der Waals surface area (Å²) in [6.45, 7) is 5.16. The Morgan fingerprint density at radius 3 is 2.89 bits per heavy atom. The number of para-hydroxylation sites is 1. The molecule has 4 nitrogen and oxygen atoms in total. The van der Waals surface area contributed by atoms with Gasteiger partial charge in [-0.15, -0.1) is 0 Å². The van der Waals surface area contributed by atoms with Crippen LogP contribution in [0.15, 0.2) is 35.3 Å². The Morgan fingerprint density at radius 1 is 1.21 bits per heavy atom. The van der Waals surface area contributed by atoms with Crippen LogP contribution in [0.1, 0.15) is 26.2 Å². The summed E-state index contributed by atoms with van der Waals surface area (Å²) in [6, 6.07) is 7.66. The molecular formula is C15H21N3O. The van der Waals surface area contributed by atoms with Crippen molar-refractivity contribution in [3.63, 3.8) is 0 Å². The van der Waals surface area contributed by atoms with Crippen molar-refractivity contribution in [1.29, 1.82) is 0 Å². The van der Waals surface area contributed by atoms with Crippen molar-refractivity contribution in [2.75, 3.05) is 13.1 Å². The van der Waals surface area contributed by atoms with E-state index in [-0.39, 0.29) is 5.43 Å². The third-order valence-electron chi connectivity index (χ3n) is 3.16. The first-order chi connectivity index (χ1) is 9.33. The highest BCUT2D eigenvalue weighted by Gasteiger charge is 2.02. The molecule has 0 aliphatic rings. The van der Waals surface area contributed by atoms with Crippen LogP contribution in [-0.2, 0) is 6.54 Å². The highest BCUT2D eigenvalue weighted by molar-refractivity contribution is 5.77. The first kappa shape index (κ1) is 13.7. The largest absolute Gasteiger partial charge is 0.317 e. The smallest absolute Gasteiger partial charge is 0.207 e. The minimum absolute atomic E-state index is 0.00328. The van der Waals surface area contributed by atoms with Crippen molar-refractivity contribution in [1.82, 2.24) is 15.1 Å². The van der Waals surface area contributed by atoms with E-state index in [0.29, 0.717) is 0 Å². The second-order valence-corrected chi connectivity index (χ2v) is 4.71. The molecule has 0 aliphatic heterocycles. The normalized spacial score (nSPS) is 11.0. The highest BCUT2D eigenvalue weighted by atomic mass is 16.1. The molecule has 0 radical (unpaired) electrons. The maximum atomic E-state index is 11.7. The van der Waals surface area contributed by atoms with E-state index < -0.39 is 0 Å². The molecule has 2 aromatic rings. The lowest BCUT2D eigenvalue weighted by Crippen LogP contribution is -2.17. The second kappa shape index (κ2) is 7.04. The van der Waals surface area contributed by atoms with Crippen LogP contribution in [0.4, 0.5) is 0 Å². The van der Waals surface area contributed by atoms with Crippen LogP contribution >= 0.6 is 0 Å². The van der Waals surface area contributed by atoms with Crippen LogP contribution in [0.5, 0.6) is 0 Å². The van der Waals surface area contributed by atoms with Gasteiger partial charge in [0.25, 0.3) is 0 Å². The highest BCUT2D eigenvalue weighted by Crippen LogP contribution is 2.08. The Morgan fingerprint density at radius 2 is 2.05 bits per heavy atom. The van der Waals surface area contributed by atoms with Crippen LogP contribution in [0.25, 0.3) is 10.9 Å². The molecule has 0 saturated heterocycles. The molecular weight excluding hydrogens is 238 g/mol. The molecule has 102 valence electrons. The number of rotatable bonds is 7. The van der Waals surface area contributed by atoms with E-state index in [9.17, 15) is 4.79 Å². The van der Waals surface area contributed by atoms with E-state index in [1.165, 1.54) is 12.6 Å². The third-order valence-corrected chi connectivity index (χ3v) is 3.16. The maximum absolute atomic E-state index is 11.7. The summed E-state index contributed by atoms with van der Waals surface area (Å²) in [5.74, 6) is 0. The summed E-state index contributed by atoms with van der Waals surface area (Å²) in [4.78, 5) is 11.7. The molecule has 0 spiro atoms. The zero-order valence-electron chi connectivity index (χ0n) is 11.4. The second-order valence-electron chi connectivity index (χ2n) is 4.71. The van der Waals surface area contributed by atoms with Crippen molar-refractivity contribution in [2.45, 2.75) is 32.7 Å². The van der Waals surface area contributed by atoms with Gasteiger partial charge < -0.3 is 5.32 Å². The van der Waals surface area contributed by atoms with E-state index in [4.69, 9.17) is 0 Å². The fourth-order valence-electron chi connectivity index (χ4n) is 2.15. The molecule has 1 aromatic heterocycles. The summed E-state index contributed by atoms with van der Waals surface area (Å²) in [7, 11) is 0. The van der Waals surface area contributed by atoms with Crippen molar-refractivity contribution in [3.05, 3.63) is 40.7 Å². The van der Waals surface area contributed by atoms with Crippen molar-refractivity contribution >= 4 is 10.9 Å². The van der Waals surface area contributed by atoms with Crippen molar-refractivity contribution in [3.8, 4) is 0 Å². The molecule has 0 fully saturated rings. The average Bonchev–Trinajstić information content (AvgIpc) is 2.45. The van der Waals surface area contributed by atoms with Crippen molar-refractivity contribution in [2.24, 2.45) is 0 Å². The number of aryl methyl sites for hydroxylation is 1. The van der Waals surface area contributed by atoms with Gasteiger partial charge in [-0.05, 0) is 44.5 Å². The van der Waals surface area contributed by atoms with E-state index in [2.05, 4.69) is 17.3 Å². The van der Waals surface area contributed by atoms with Crippen LogP contribution in [0.3, 0.4) is 0 Å². The fourth-order valence-corrected chi connectivity index (χ4v) is 2.15.